The Kier molecular flexibility index (Phi) is 6.42. The summed E-state index contributed by atoms with van der Waals surface area (Å²) >= 11 is 0. The molecule has 0 amide bonds. The lowest BCUT2D eigenvalue weighted by atomic mass is 10.0. The maximum absolute atomic E-state index is 10.4. The van der Waals surface area contributed by atoms with E-state index in [-0.39, 0.29) is 0 Å². The number of carboxylic acids is 1. The maximum Gasteiger partial charge on any atom is 0.303 e. The topological polar surface area (TPSA) is 58.6 Å². The second kappa shape index (κ2) is 7.63. The van der Waals surface area contributed by atoms with Crippen LogP contribution < -0.4 is 5.32 Å². The predicted molar refractivity (Wildman–Crippen MR) is 62.5 cm³/mol. The Morgan fingerprint density at radius 1 is 1.44 bits per heavy atom. The van der Waals surface area contributed by atoms with Gasteiger partial charge in [0.05, 0.1) is 0 Å². The van der Waals surface area contributed by atoms with Gasteiger partial charge in [0.2, 0.25) is 0 Å². The first-order valence-electron chi connectivity index (χ1n) is 6.21. The van der Waals surface area contributed by atoms with E-state index in [2.05, 4.69) is 12.2 Å². The van der Waals surface area contributed by atoms with Crippen LogP contribution in [-0.2, 0) is 9.53 Å². The molecule has 1 atom stereocenters. The van der Waals surface area contributed by atoms with E-state index in [1.807, 2.05) is 0 Å². The zero-order valence-electron chi connectivity index (χ0n) is 10.1. The molecule has 0 bridgehead atoms. The summed E-state index contributed by atoms with van der Waals surface area (Å²) in [4.78, 5) is 10.4. The predicted octanol–water partition coefficient (Wildman–Crippen LogP) is 1.65. The first-order valence-corrected chi connectivity index (χ1v) is 6.21. The van der Waals surface area contributed by atoms with Crippen LogP contribution in [-0.4, -0.2) is 36.9 Å². The number of carbonyl (C=O) groups is 1. The highest BCUT2D eigenvalue weighted by molar-refractivity contribution is 5.66. The van der Waals surface area contributed by atoms with Crippen LogP contribution in [0.3, 0.4) is 0 Å². The monoisotopic (exact) mass is 229 g/mol. The van der Waals surface area contributed by atoms with E-state index in [4.69, 9.17) is 9.84 Å². The molecule has 16 heavy (non-hydrogen) atoms. The molecular formula is C12H23NO3. The van der Waals surface area contributed by atoms with Gasteiger partial charge in [-0.2, -0.15) is 0 Å². The first kappa shape index (κ1) is 13.5. The van der Waals surface area contributed by atoms with Gasteiger partial charge in [-0.3, -0.25) is 4.79 Å². The highest BCUT2D eigenvalue weighted by Gasteiger charge is 2.13. The Morgan fingerprint density at radius 2 is 2.12 bits per heavy atom. The molecule has 0 spiro atoms. The molecule has 0 saturated carbocycles. The Morgan fingerprint density at radius 3 is 2.75 bits per heavy atom. The highest BCUT2D eigenvalue weighted by atomic mass is 16.5. The van der Waals surface area contributed by atoms with Crippen molar-refractivity contribution in [3.8, 4) is 0 Å². The summed E-state index contributed by atoms with van der Waals surface area (Å²) in [5.74, 6) is -0.201. The summed E-state index contributed by atoms with van der Waals surface area (Å²) in [7, 11) is 0. The third-order valence-electron chi connectivity index (χ3n) is 3.14. The van der Waals surface area contributed by atoms with E-state index >= 15 is 0 Å². The molecule has 0 aromatic carbocycles. The van der Waals surface area contributed by atoms with Crippen molar-refractivity contribution < 1.29 is 14.6 Å². The van der Waals surface area contributed by atoms with Crippen molar-refractivity contribution >= 4 is 5.97 Å². The van der Waals surface area contributed by atoms with Crippen LogP contribution in [0, 0.1) is 5.92 Å². The second-order valence-electron chi connectivity index (χ2n) is 4.67. The van der Waals surface area contributed by atoms with Crippen molar-refractivity contribution in [2.75, 3.05) is 19.8 Å². The molecule has 94 valence electrons. The molecule has 1 saturated heterocycles. The molecule has 4 nitrogen and oxygen atoms in total. The van der Waals surface area contributed by atoms with Crippen molar-refractivity contribution in [3.05, 3.63) is 0 Å². The van der Waals surface area contributed by atoms with Crippen molar-refractivity contribution in [2.45, 2.75) is 45.1 Å². The minimum atomic E-state index is -0.691. The van der Waals surface area contributed by atoms with Gasteiger partial charge in [0.15, 0.2) is 0 Å². The van der Waals surface area contributed by atoms with Gasteiger partial charge in [-0.05, 0) is 38.1 Å². The minimum Gasteiger partial charge on any atom is -0.481 e. The lowest BCUT2D eigenvalue weighted by Crippen LogP contribution is -2.35. The highest BCUT2D eigenvalue weighted by Crippen LogP contribution is 2.11. The molecule has 1 unspecified atom stereocenters. The fourth-order valence-corrected chi connectivity index (χ4v) is 1.95. The lowest BCUT2D eigenvalue weighted by molar-refractivity contribution is -0.137. The van der Waals surface area contributed by atoms with Gasteiger partial charge in [-0.1, -0.05) is 6.92 Å². The number of carboxylic acid groups (broad SMARTS) is 1. The van der Waals surface area contributed by atoms with Gasteiger partial charge in [-0.25, -0.2) is 0 Å². The van der Waals surface area contributed by atoms with Gasteiger partial charge < -0.3 is 15.2 Å². The van der Waals surface area contributed by atoms with Crippen molar-refractivity contribution in [3.63, 3.8) is 0 Å². The molecular weight excluding hydrogens is 206 g/mol. The van der Waals surface area contributed by atoms with Gasteiger partial charge in [0.1, 0.15) is 0 Å². The van der Waals surface area contributed by atoms with Gasteiger partial charge in [0.25, 0.3) is 0 Å². The quantitative estimate of drug-likeness (QED) is 0.697. The number of hydrogen-bond acceptors (Lipinski definition) is 3. The number of nitrogens with one attached hydrogen (secondary N) is 1. The second-order valence-corrected chi connectivity index (χ2v) is 4.67. The van der Waals surface area contributed by atoms with Gasteiger partial charge in [-0.15, -0.1) is 0 Å². The fraction of sp³-hybridized carbons (Fsp3) is 0.917. The van der Waals surface area contributed by atoms with Crippen LogP contribution in [0.5, 0.6) is 0 Å². The standard InChI is InChI=1S/C12H23NO3/c1-10(2-3-12(14)15)4-7-13-11-5-8-16-9-6-11/h10-11,13H,2-9H2,1H3,(H,14,15). The van der Waals surface area contributed by atoms with Crippen LogP contribution in [0.25, 0.3) is 0 Å². The Bertz CT molecular complexity index is 202. The average molecular weight is 229 g/mol. The zero-order valence-corrected chi connectivity index (χ0v) is 10.1. The van der Waals surface area contributed by atoms with E-state index in [9.17, 15) is 4.79 Å². The lowest BCUT2D eigenvalue weighted by Gasteiger charge is -2.23. The van der Waals surface area contributed by atoms with Crippen LogP contribution in [0.2, 0.25) is 0 Å². The molecule has 1 aliphatic heterocycles. The SMILES string of the molecule is CC(CCNC1CCOCC1)CCC(=O)O. The number of rotatable bonds is 7. The number of aliphatic carboxylic acids is 1. The largest absolute Gasteiger partial charge is 0.481 e. The van der Waals surface area contributed by atoms with E-state index in [1.165, 1.54) is 0 Å². The number of ether oxygens (including phenoxy) is 1. The van der Waals surface area contributed by atoms with Gasteiger partial charge >= 0.3 is 5.97 Å². The number of hydrogen-bond donors (Lipinski definition) is 2. The molecule has 1 aliphatic rings. The minimum absolute atomic E-state index is 0.290. The van der Waals surface area contributed by atoms with E-state index in [0.717, 1.165) is 45.4 Å². The zero-order chi connectivity index (χ0) is 11.8. The average Bonchev–Trinajstić information content (AvgIpc) is 2.28. The molecule has 0 radical (unpaired) electrons. The molecule has 1 heterocycles. The summed E-state index contributed by atoms with van der Waals surface area (Å²) in [6, 6.07) is 0.598. The molecule has 0 aromatic heterocycles. The summed E-state index contributed by atoms with van der Waals surface area (Å²) in [6.45, 7) is 4.85. The maximum atomic E-state index is 10.4. The Hall–Kier alpha value is -0.610. The first-order chi connectivity index (χ1) is 7.68. The third kappa shape index (κ3) is 6.08. The van der Waals surface area contributed by atoms with Gasteiger partial charge in [0, 0.05) is 25.7 Å². The third-order valence-corrected chi connectivity index (χ3v) is 3.14. The van der Waals surface area contributed by atoms with Crippen LogP contribution in [0.1, 0.15) is 39.0 Å². The van der Waals surface area contributed by atoms with E-state index in [0.29, 0.717) is 18.4 Å². The van der Waals surface area contributed by atoms with Crippen LogP contribution >= 0.6 is 0 Å². The van der Waals surface area contributed by atoms with E-state index < -0.39 is 5.97 Å². The molecule has 4 heteroatoms. The summed E-state index contributed by atoms with van der Waals surface area (Å²) < 4.78 is 5.29. The molecule has 0 aromatic rings. The van der Waals surface area contributed by atoms with Crippen molar-refractivity contribution in [2.24, 2.45) is 5.92 Å². The summed E-state index contributed by atoms with van der Waals surface area (Å²) in [6.07, 6.45) is 4.33. The van der Waals surface area contributed by atoms with Crippen LogP contribution in [0.15, 0.2) is 0 Å². The molecule has 1 rings (SSSR count). The smallest absolute Gasteiger partial charge is 0.303 e. The molecule has 0 aliphatic carbocycles. The summed E-state index contributed by atoms with van der Waals surface area (Å²) in [5.41, 5.74) is 0. The van der Waals surface area contributed by atoms with Crippen molar-refractivity contribution in [1.82, 2.24) is 5.32 Å². The van der Waals surface area contributed by atoms with Crippen molar-refractivity contribution in [1.29, 1.82) is 0 Å². The molecule has 2 N–H and O–H groups in total. The fourth-order valence-electron chi connectivity index (χ4n) is 1.95. The molecule has 1 fully saturated rings. The Labute approximate surface area is 97.4 Å². The summed E-state index contributed by atoms with van der Waals surface area (Å²) in [5, 5.41) is 12.1. The Balaban J connectivity index is 1.98. The van der Waals surface area contributed by atoms with Crippen LogP contribution in [0.4, 0.5) is 0 Å². The normalized spacial score (nSPS) is 19.6. The van der Waals surface area contributed by atoms with E-state index in [1.54, 1.807) is 0 Å².